The van der Waals surface area contributed by atoms with Gasteiger partial charge in [0.25, 0.3) is 0 Å². The van der Waals surface area contributed by atoms with Crippen LogP contribution in [0.5, 0.6) is 0 Å². The first-order chi connectivity index (χ1) is 12.6. The monoisotopic (exact) mass is 390 g/mol. The number of carboxylic acids is 1. The second kappa shape index (κ2) is 8.54. The molecule has 0 saturated heterocycles. The van der Waals surface area contributed by atoms with Crippen molar-refractivity contribution in [1.82, 2.24) is 4.31 Å². The van der Waals surface area contributed by atoms with Crippen molar-refractivity contribution in [2.75, 3.05) is 19.0 Å². The van der Waals surface area contributed by atoms with E-state index in [-0.39, 0.29) is 17.4 Å². The number of aliphatic carboxylic acids is 1. The maximum absolute atomic E-state index is 13.3. The summed E-state index contributed by atoms with van der Waals surface area (Å²) < 4.78 is 27.7. The SMILES string of the molecule is CC(C)[C@H](C(=O)O)N(Cc1ccccc1)S(=O)(=O)c1ccc(N(C)C)cc1. The Morgan fingerprint density at radius 2 is 1.56 bits per heavy atom. The molecule has 0 fully saturated rings. The molecule has 0 aliphatic carbocycles. The summed E-state index contributed by atoms with van der Waals surface area (Å²) in [6.07, 6.45) is 0. The van der Waals surface area contributed by atoms with Gasteiger partial charge in [0, 0.05) is 26.3 Å². The third-order valence-corrected chi connectivity index (χ3v) is 6.18. The lowest BCUT2D eigenvalue weighted by molar-refractivity contribution is -0.143. The average Bonchev–Trinajstić information content (AvgIpc) is 2.61. The molecule has 1 atom stereocenters. The minimum absolute atomic E-state index is 0.00620. The first-order valence-electron chi connectivity index (χ1n) is 8.70. The molecule has 0 unspecified atom stereocenters. The van der Waals surface area contributed by atoms with Gasteiger partial charge in [0.05, 0.1) is 4.90 Å². The number of nitrogens with zero attached hydrogens (tertiary/aromatic N) is 2. The van der Waals surface area contributed by atoms with Crippen molar-refractivity contribution in [1.29, 1.82) is 0 Å². The van der Waals surface area contributed by atoms with Crippen LogP contribution in [0.3, 0.4) is 0 Å². The summed E-state index contributed by atoms with van der Waals surface area (Å²) in [6, 6.07) is 14.3. The first-order valence-corrected chi connectivity index (χ1v) is 10.1. The molecule has 0 radical (unpaired) electrons. The molecule has 0 heterocycles. The molecule has 0 saturated carbocycles. The molecule has 0 aliphatic heterocycles. The Morgan fingerprint density at radius 3 is 2.00 bits per heavy atom. The van der Waals surface area contributed by atoms with E-state index in [0.29, 0.717) is 0 Å². The van der Waals surface area contributed by atoms with Crippen molar-refractivity contribution in [2.24, 2.45) is 5.92 Å². The third kappa shape index (κ3) is 4.87. The van der Waals surface area contributed by atoms with Crippen LogP contribution in [0.1, 0.15) is 19.4 Å². The molecule has 6 nitrogen and oxygen atoms in total. The molecule has 146 valence electrons. The van der Waals surface area contributed by atoms with Crippen LogP contribution in [-0.2, 0) is 21.4 Å². The minimum atomic E-state index is -4.00. The number of carboxylic acid groups (broad SMARTS) is 1. The third-order valence-electron chi connectivity index (χ3n) is 4.34. The van der Waals surface area contributed by atoms with Crippen LogP contribution in [0.15, 0.2) is 59.5 Å². The van der Waals surface area contributed by atoms with Crippen LogP contribution in [0.4, 0.5) is 5.69 Å². The predicted octanol–water partition coefficient (Wildman–Crippen LogP) is 3.05. The summed E-state index contributed by atoms with van der Waals surface area (Å²) in [7, 11) is -0.266. The molecule has 0 amide bonds. The first kappa shape index (κ1) is 20.9. The van der Waals surface area contributed by atoms with Gasteiger partial charge in [-0.1, -0.05) is 44.2 Å². The Balaban J connectivity index is 2.51. The summed E-state index contributed by atoms with van der Waals surface area (Å²) in [4.78, 5) is 13.8. The van der Waals surface area contributed by atoms with Crippen LogP contribution in [-0.4, -0.2) is 43.9 Å². The van der Waals surface area contributed by atoms with Crippen LogP contribution in [0.25, 0.3) is 0 Å². The fraction of sp³-hybridized carbons (Fsp3) is 0.350. The lowest BCUT2D eigenvalue weighted by Crippen LogP contribution is -2.47. The zero-order valence-electron chi connectivity index (χ0n) is 16.0. The molecular formula is C20H26N2O4S. The maximum Gasteiger partial charge on any atom is 0.322 e. The van der Waals surface area contributed by atoms with Gasteiger partial charge in [0.1, 0.15) is 6.04 Å². The molecule has 0 spiro atoms. The Kier molecular flexibility index (Phi) is 6.62. The number of sulfonamides is 1. The number of rotatable bonds is 8. The molecule has 2 aromatic carbocycles. The highest BCUT2D eigenvalue weighted by atomic mass is 32.2. The summed E-state index contributed by atoms with van der Waals surface area (Å²) in [6.45, 7) is 3.41. The van der Waals surface area contributed by atoms with E-state index in [0.717, 1.165) is 15.6 Å². The van der Waals surface area contributed by atoms with Crippen LogP contribution in [0.2, 0.25) is 0 Å². The number of carbonyl (C=O) groups is 1. The highest BCUT2D eigenvalue weighted by molar-refractivity contribution is 7.89. The van der Waals surface area contributed by atoms with Crippen molar-refractivity contribution in [2.45, 2.75) is 31.3 Å². The lowest BCUT2D eigenvalue weighted by atomic mass is 10.0. The van der Waals surface area contributed by atoms with Gasteiger partial charge < -0.3 is 10.0 Å². The smallest absolute Gasteiger partial charge is 0.322 e. The van der Waals surface area contributed by atoms with Crippen LogP contribution < -0.4 is 4.90 Å². The van der Waals surface area contributed by atoms with Crippen molar-refractivity contribution in [3.63, 3.8) is 0 Å². The van der Waals surface area contributed by atoms with Crippen molar-refractivity contribution < 1.29 is 18.3 Å². The van der Waals surface area contributed by atoms with Gasteiger partial charge in [0.2, 0.25) is 10.0 Å². The van der Waals surface area contributed by atoms with E-state index in [1.807, 2.05) is 25.1 Å². The minimum Gasteiger partial charge on any atom is -0.480 e. The second-order valence-corrected chi connectivity index (χ2v) is 8.84. The van der Waals surface area contributed by atoms with E-state index in [4.69, 9.17) is 0 Å². The highest BCUT2D eigenvalue weighted by Crippen LogP contribution is 2.26. The standard InChI is InChI=1S/C20H26N2O4S/c1-15(2)19(20(23)24)22(14-16-8-6-5-7-9-16)27(25,26)18-12-10-17(11-13-18)21(3)4/h5-13,15,19H,14H2,1-4H3,(H,23,24)/t19-/m1/s1. The summed E-state index contributed by atoms with van der Waals surface area (Å²) >= 11 is 0. The fourth-order valence-corrected chi connectivity index (χ4v) is 4.59. The Morgan fingerprint density at radius 1 is 1.00 bits per heavy atom. The van der Waals surface area contributed by atoms with E-state index in [1.165, 1.54) is 12.1 Å². The van der Waals surface area contributed by atoms with Gasteiger partial charge >= 0.3 is 5.97 Å². The van der Waals surface area contributed by atoms with E-state index in [2.05, 4.69) is 0 Å². The Bertz CT molecular complexity index is 863. The van der Waals surface area contributed by atoms with Gasteiger partial charge in [-0.15, -0.1) is 0 Å². The topological polar surface area (TPSA) is 77.9 Å². The second-order valence-electron chi connectivity index (χ2n) is 6.95. The Labute approximate surface area is 161 Å². The van der Waals surface area contributed by atoms with Gasteiger partial charge in [-0.05, 0) is 35.7 Å². The zero-order chi connectivity index (χ0) is 20.2. The molecule has 0 aromatic heterocycles. The molecule has 0 bridgehead atoms. The normalized spacial score (nSPS) is 13.0. The van der Waals surface area contributed by atoms with Gasteiger partial charge in [-0.2, -0.15) is 4.31 Å². The molecule has 27 heavy (non-hydrogen) atoms. The summed E-state index contributed by atoms with van der Waals surface area (Å²) in [5, 5.41) is 9.71. The number of benzene rings is 2. The highest BCUT2D eigenvalue weighted by Gasteiger charge is 2.38. The van der Waals surface area contributed by atoms with Crippen LogP contribution in [0, 0.1) is 5.92 Å². The van der Waals surface area contributed by atoms with Crippen molar-refractivity contribution in [3.8, 4) is 0 Å². The zero-order valence-corrected chi connectivity index (χ0v) is 16.8. The number of hydrogen-bond acceptors (Lipinski definition) is 4. The van der Waals surface area contributed by atoms with E-state index < -0.39 is 22.0 Å². The maximum atomic E-state index is 13.3. The van der Waals surface area contributed by atoms with E-state index in [9.17, 15) is 18.3 Å². The molecular weight excluding hydrogens is 364 g/mol. The fourth-order valence-electron chi connectivity index (χ4n) is 2.89. The molecule has 2 aromatic rings. The van der Waals surface area contributed by atoms with E-state index in [1.54, 1.807) is 50.2 Å². The summed E-state index contributed by atoms with van der Waals surface area (Å²) in [5.74, 6) is -1.54. The van der Waals surface area contributed by atoms with Gasteiger partial charge in [-0.3, -0.25) is 4.79 Å². The number of anilines is 1. The van der Waals surface area contributed by atoms with Gasteiger partial charge in [0.15, 0.2) is 0 Å². The summed E-state index contributed by atoms with van der Waals surface area (Å²) in [5.41, 5.74) is 1.60. The Hall–Kier alpha value is -2.38. The quantitative estimate of drug-likeness (QED) is 0.750. The lowest BCUT2D eigenvalue weighted by Gasteiger charge is -2.30. The molecule has 7 heteroatoms. The van der Waals surface area contributed by atoms with Crippen molar-refractivity contribution >= 4 is 21.7 Å². The van der Waals surface area contributed by atoms with Crippen LogP contribution >= 0.6 is 0 Å². The largest absolute Gasteiger partial charge is 0.480 e. The predicted molar refractivity (Wildman–Crippen MR) is 106 cm³/mol. The van der Waals surface area contributed by atoms with E-state index >= 15 is 0 Å². The average molecular weight is 391 g/mol. The van der Waals surface area contributed by atoms with Gasteiger partial charge in [-0.25, -0.2) is 8.42 Å². The molecule has 1 N–H and O–H groups in total. The molecule has 2 rings (SSSR count). The number of hydrogen-bond donors (Lipinski definition) is 1. The molecule has 0 aliphatic rings. The van der Waals surface area contributed by atoms with Crippen molar-refractivity contribution in [3.05, 3.63) is 60.2 Å².